The molecule has 0 radical (unpaired) electrons. The van der Waals surface area contributed by atoms with E-state index in [2.05, 4.69) is 14.9 Å². The first-order valence-electron chi connectivity index (χ1n) is 9.55. The standard InChI is InChI=1S/C21H21N3O6S/c1-11(2)21(4,20(25)26)24-31(27,28)14-6-7-15-16-9-13(19-22-12(3)30-23-19)5-8-17(16)29-18(15)10-14/h5-11,24H,1-4H3,(H,25,26). The van der Waals surface area contributed by atoms with E-state index in [9.17, 15) is 18.3 Å². The Morgan fingerprint density at radius 2 is 1.87 bits per heavy atom. The van der Waals surface area contributed by atoms with Crippen LogP contribution in [0.1, 0.15) is 26.7 Å². The van der Waals surface area contributed by atoms with E-state index >= 15 is 0 Å². The van der Waals surface area contributed by atoms with E-state index in [4.69, 9.17) is 8.94 Å². The molecule has 0 aliphatic carbocycles. The fourth-order valence-corrected chi connectivity index (χ4v) is 4.74. The van der Waals surface area contributed by atoms with Gasteiger partial charge in [-0.2, -0.15) is 9.71 Å². The maximum absolute atomic E-state index is 12.9. The molecule has 31 heavy (non-hydrogen) atoms. The lowest BCUT2D eigenvalue weighted by Gasteiger charge is -2.29. The molecule has 1 atom stereocenters. The number of aromatic nitrogens is 2. The summed E-state index contributed by atoms with van der Waals surface area (Å²) < 4.78 is 39.0. The second-order valence-electron chi connectivity index (χ2n) is 7.88. The average Bonchev–Trinajstić information content (AvgIpc) is 3.29. The van der Waals surface area contributed by atoms with Crippen LogP contribution >= 0.6 is 0 Å². The molecule has 0 bridgehead atoms. The maximum atomic E-state index is 12.9. The number of aryl methyl sites for hydroxylation is 1. The van der Waals surface area contributed by atoms with Gasteiger partial charge in [0.1, 0.15) is 16.7 Å². The van der Waals surface area contributed by atoms with E-state index in [-0.39, 0.29) is 4.90 Å². The molecule has 9 nitrogen and oxygen atoms in total. The molecule has 0 amide bonds. The first kappa shape index (κ1) is 21.0. The van der Waals surface area contributed by atoms with E-state index in [1.165, 1.54) is 19.1 Å². The van der Waals surface area contributed by atoms with Crippen molar-refractivity contribution in [1.29, 1.82) is 0 Å². The number of carboxylic acid groups (broad SMARTS) is 1. The molecule has 2 aromatic heterocycles. The van der Waals surface area contributed by atoms with Crippen molar-refractivity contribution in [2.24, 2.45) is 5.92 Å². The summed E-state index contributed by atoms with van der Waals surface area (Å²) in [4.78, 5) is 15.8. The molecule has 0 saturated carbocycles. The minimum Gasteiger partial charge on any atom is -0.480 e. The normalized spacial score (nSPS) is 14.4. The van der Waals surface area contributed by atoms with E-state index < -0.39 is 27.4 Å². The van der Waals surface area contributed by atoms with Crippen molar-refractivity contribution in [2.45, 2.75) is 38.1 Å². The number of carbonyl (C=O) groups is 1. The fourth-order valence-electron chi connectivity index (χ4n) is 3.23. The summed E-state index contributed by atoms with van der Waals surface area (Å²) in [5.74, 6) is -0.829. The summed E-state index contributed by atoms with van der Waals surface area (Å²) in [6.07, 6.45) is 0. The Bertz CT molecular complexity index is 1420. The van der Waals surface area contributed by atoms with Crippen molar-refractivity contribution in [3.8, 4) is 11.4 Å². The lowest BCUT2D eigenvalue weighted by molar-refractivity contribution is -0.145. The molecule has 0 spiro atoms. The summed E-state index contributed by atoms with van der Waals surface area (Å²) in [7, 11) is -4.11. The van der Waals surface area contributed by atoms with Crippen LogP contribution in [0.4, 0.5) is 0 Å². The number of benzene rings is 2. The maximum Gasteiger partial charge on any atom is 0.324 e. The average molecular weight is 443 g/mol. The van der Waals surface area contributed by atoms with E-state index in [1.54, 1.807) is 39.0 Å². The Morgan fingerprint density at radius 1 is 1.13 bits per heavy atom. The number of sulfonamides is 1. The number of nitrogens with one attached hydrogen (secondary N) is 1. The Balaban J connectivity index is 1.77. The van der Waals surface area contributed by atoms with Crippen LogP contribution in [-0.2, 0) is 14.8 Å². The van der Waals surface area contributed by atoms with Crippen LogP contribution < -0.4 is 4.72 Å². The zero-order valence-electron chi connectivity index (χ0n) is 17.3. The first-order chi connectivity index (χ1) is 14.5. The number of furan rings is 1. The molecular formula is C21H21N3O6S. The number of carboxylic acids is 1. The molecule has 2 heterocycles. The largest absolute Gasteiger partial charge is 0.480 e. The van der Waals surface area contributed by atoms with Gasteiger partial charge in [0.15, 0.2) is 0 Å². The molecule has 0 saturated heterocycles. The number of fused-ring (bicyclic) bond motifs is 3. The highest BCUT2D eigenvalue weighted by atomic mass is 32.2. The van der Waals surface area contributed by atoms with Crippen LogP contribution in [-0.4, -0.2) is 35.2 Å². The third-order valence-corrected chi connectivity index (χ3v) is 7.05. The third-order valence-electron chi connectivity index (χ3n) is 5.48. The van der Waals surface area contributed by atoms with E-state index in [1.807, 2.05) is 6.07 Å². The highest BCUT2D eigenvalue weighted by Gasteiger charge is 2.41. The molecule has 0 fully saturated rings. The number of hydrogen-bond acceptors (Lipinski definition) is 7. The van der Waals surface area contributed by atoms with Gasteiger partial charge in [-0.3, -0.25) is 4.79 Å². The molecule has 0 aliphatic rings. The SMILES string of the molecule is Cc1nc(-c2ccc3oc4cc(S(=O)(=O)NC(C)(C(=O)O)C(C)C)ccc4c3c2)no1. The van der Waals surface area contributed by atoms with E-state index in [0.29, 0.717) is 28.3 Å². The quantitative estimate of drug-likeness (QED) is 0.460. The summed E-state index contributed by atoms with van der Waals surface area (Å²) in [5.41, 5.74) is 0.0127. The molecule has 0 aliphatic heterocycles. The lowest BCUT2D eigenvalue weighted by atomic mass is 9.90. The zero-order valence-corrected chi connectivity index (χ0v) is 18.1. The van der Waals surface area contributed by atoms with Crippen molar-refractivity contribution in [1.82, 2.24) is 14.9 Å². The zero-order chi connectivity index (χ0) is 22.6. The van der Waals surface area contributed by atoms with Gasteiger partial charge in [0.05, 0.1) is 4.90 Å². The van der Waals surface area contributed by atoms with Crippen LogP contribution in [0.25, 0.3) is 33.3 Å². The predicted octanol–water partition coefficient (Wildman–Crippen LogP) is 3.72. The molecule has 2 aromatic carbocycles. The lowest BCUT2D eigenvalue weighted by Crippen LogP contribution is -2.55. The Hall–Kier alpha value is -3.24. The Kier molecular flexibility index (Phi) is 4.86. The van der Waals surface area contributed by atoms with Crippen LogP contribution in [0.3, 0.4) is 0 Å². The number of rotatable bonds is 6. The number of aliphatic carboxylic acids is 1. The summed E-state index contributed by atoms with van der Waals surface area (Å²) >= 11 is 0. The Labute approximate surface area is 178 Å². The molecular weight excluding hydrogens is 422 g/mol. The van der Waals surface area contributed by atoms with Crippen molar-refractivity contribution in [2.75, 3.05) is 0 Å². The van der Waals surface area contributed by atoms with Crippen LogP contribution in [0.2, 0.25) is 0 Å². The molecule has 1 unspecified atom stereocenters. The molecule has 4 rings (SSSR count). The topological polar surface area (TPSA) is 136 Å². The second kappa shape index (κ2) is 7.17. The van der Waals surface area contributed by atoms with Gasteiger partial charge in [0.25, 0.3) is 0 Å². The molecule has 2 N–H and O–H groups in total. The summed E-state index contributed by atoms with van der Waals surface area (Å²) in [5, 5.41) is 14.9. The molecule has 4 aromatic rings. The van der Waals surface area contributed by atoms with Gasteiger partial charge < -0.3 is 14.0 Å². The minimum atomic E-state index is -4.11. The van der Waals surface area contributed by atoms with Gasteiger partial charge in [0, 0.05) is 29.3 Å². The van der Waals surface area contributed by atoms with Crippen LogP contribution in [0.15, 0.2) is 50.2 Å². The van der Waals surface area contributed by atoms with Gasteiger partial charge in [-0.1, -0.05) is 19.0 Å². The summed E-state index contributed by atoms with van der Waals surface area (Å²) in [6, 6.07) is 9.83. The van der Waals surface area contributed by atoms with Crippen molar-refractivity contribution in [3.63, 3.8) is 0 Å². The minimum absolute atomic E-state index is 0.0822. The van der Waals surface area contributed by atoms with Crippen LogP contribution in [0, 0.1) is 12.8 Å². The van der Waals surface area contributed by atoms with Gasteiger partial charge in [-0.25, -0.2) is 8.42 Å². The van der Waals surface area contributed by atoms with Gasteiger partial charge >= 0.3 is 5.97 Å². The van der Waals surface area contributed by atoms with Gasteiger partial charge in [0.2, 0.25) is 21.7 Å². The molecule has 10 heteroatoms. The fraction of sp³-hybridized carbons (Fsp3) is 0.286. The van der Waals surface area contributed by atoms with Crippen LogP contribution in [0.5, 0.6) is 0 Å². The smallest absolute Gasteiger partial charge is 0.324 e. The number of hydrogen-bond donors (Lipinski definition) is 2. The Morgan fingerprint density at radius 3 is 2.48 bits per heavy atom. The number of nitrogens with zero attached hydrogens (tertiary/aromatic N) is 2. The van der Waals surface area contributed by atoms with Gasteiger partial charge in [-0.05, 0) is 43.2 Å². The van der Waals surface area contributed by atoms with Crippen molar-refractivity contribution in [3.05, 3.63) is 42.3 Å². The van der Waals surface area contributed by atoms with E-state index in [0.717, 1.165) is 10.9 Å². The van der Waals surface area contributed by atoms with Crippen molar-refractivity contribution >= 4 is 37.9 Å². The predicted molar refractivity (Wildman–Crippen MR) is 113 cm³/mol. The summed E-state index contributed by atoms with van der Waals surface area (Å²) in [6.45, 7) is 6.33. The second-order valence-corrected chi connectivity index (χ2v) is 9.56. The molecule has 162 valence electrons. The third kappa shape index (κ3) is 3.57. The highest BCUT2D eigenvalue weighted by Crippen LogP contribution is 2.33. The van der Waals surface area contributed by atoms with Crippen molar-refractivity contribution < 1.29 is 27.3 Å². The van der Waals surface area contributed by atoms with Gasteiger partial charge in [-0.15, -0.1) is 0 Å². The first-order valence-corrected chi connectivity index (χ1v) is 11.0. The highest BCUT2D eigenvalue weighted by molar-refractivity contribution is 7.89. The monoisotopic (exact) mass is 443 g/mol.